The van der Waals surface area contributed by atoms with Gasteiger partial charge in [0.15, 0.2) is 49.6 Å². The van der Waals surface area contributed by atoms with Crippen molar-refractivity contribution >= 4 is 42.0 Å². The molecule has 0 saturated heterocycles. The van der Waals surface area contributed by atoms with Crippen molar-refractivity contribution in [3.8, 4) is 0 Å². The minimum atomic E-state index is -7.32. The number of benzene rings is 6. The van der Waals surface area contributed by atoms with E-state index >= 15 is 0 Å². The molecule has 0 atom stereocenters. The van der Waals surface area contributed by atoms with Gasteiger partial charge in [-0.2, -0.15) is 26.3 Å². The number of halogens is 6. The number of alkyl halides is 6. The van der Waals surface area contributed by atoms with E-state index < -0.39 is 36.7 Å². The van der Waals surface area contributed by atoms with Gasteiger partial charge in [-0.1, -0.05) is 197 Å². The first-order valence-electron chi connectivity index (χ1n) is 25.7. The fraction of sp³-hybridized carbons (Fsp3) is 0.429. The molecule has 0 saturated carbocycles. The minimum absolute atomic E-state index is 0.120. The summed E-state index contributed by atoms with van der Waals surface area (Å²) in [5, 5.41) is -13.9. The highest BCUT2D eigenvalue weighted by Crippen LogP contribution is 2.50. The monoisotopic (exact) mass is 1170 g/mol. The Morgan fingerprint density at radius 3 is 0.468 bits per heavy atom. The molecule has 0 aliphatic rings. The summed E-state index contributed by atoms with van der Waals surface area (Å²) in [5.74, 6) is -7.21. The SMILES string of the molecule is CC(C)(C)c1ccc([S+](c2ccc(C(C)(C)C)cc2)c2ccc(C(C)(C)C)cc2)cc1.CC(C)(C)c1ccc([S+](c2ccc(C(C)(C)C)cc2)c2ccc(C(C)(C)C)cc2)cc1.O=S(=O)([O-])C(F)(F)C(F)(F)C(F)(F)S(=O)(=O)[O-]. The second-order valence-electron chi connectivity index (χ2n) is 25.8. The zero-order valence-electron chi connectivity index (χ0n) is 48.7. The smallest absolute Gasteiger partial charge is 0.403 e. The first-order valence-corrected chi connectivity index (χ1v) is 31.0. The third kappa shape index (κ3) is 16.3. The molecule has 0 aromatic heterocycles. The van der Waals surface area contributed by atoms with Crippen molar-refractivity contribution in [1.82, 2.24) is 0 Å². The Morgan fingerprint density at radius 1 is 0.266 bits per heavy atom. The summed E-state index contributed by atoms with van der Waals surface area (Å²) < 4.78 is 131. The Balaban J connectivity index is 0.000000268. The summed E-state index contributed by atoms with van der Waals surface area (Å²) in [6, 6.07) is 55.7. The Kier molecular flexibility index (Phi) is 20.1. The lowest BCUT2D eigenvalue weighted by Crippen LogP contribution is -2.60. The maximum atomic E-state index is 12.3. The van der Waals surface area contributed by atoms with Crippen LogP contribution in [0.15, 0.2) is 175 Å². The van der Waals surface area contributed by atoms with Crippen LogP contribution < -0.4 is 0 Å². The van der Waals surface area contributed by atoms with Crippen LogP contribution in [0, 0.1) is 0 Å². The molecule has 0 aliphatic carbocycles. The highest BCUT2D eigenvalue weighted by molar-refractivity contribution is 7.97. The zero-order valence-corrected chi connectivity index (χ0v) is 52.0. The maximum absolute atomic E-state index is 12.3. The topological polar surface area (TPSA) is 114 Å². The summed E-state index contributed by atoms with van der Waals surface area (Å²) in [4.78, 5) is 8.25. The molecule has 0 N–H and O–H groups in total. The van der Waals surface area contributed by atoms with Gasteiger partial charge in [0, 0.05) is 0 Å². The zero-order chi connectivity index (χ0) is 60.6. The van der Waals surface area contributed by atoms with E-state index in [2.05, 4.69) is 270 Å². The number of hydrogen-bond acceptors (Lipinski definition) is 6. The summed E-state index contributed by atoms with van der Waals surface area (Å²) in [5.41, 5.74) is 9.28. The van der Waals surface area contributed by atoms with Crippen LogP contribution in [0.3, 0.4) is 0 Å². The van der Waals surface area contributed by atoms with Crippen molar-refractivity contribution in [1.29, 1.82) is 0 Å². The molecule has 0 radical (unpaired) electrons. The lowest BCUT2D eigenvalue weighted by atomic mass is 9.87. The predicted molar refractivity (Wildman–Crippen MR) is 309 cm³/mol. The van der Waals surface area contributed by atoms with E-state index in [0.29, 0.717) is 0 Å². The molecule has 6 rings (SSSR count). The molecular formula is C63H78F6O6S4. The first kappa shape index (κ1) is 66.9. The quantitative estimate of drug-likeness (QED) is 0.0767. The molecule has 0 amide bonds. The van der Waals surface area contributed by atoms with Crippen LogP contribution in [-0.4, -0.2) is 42.4 Å². The lowest BCUT2D eigenvalue weighted by Gasteiger charge is -2.34. The highest BCUT2D eigenvalue weighted by Gasteiger charge is 2.78. The van der Waals surface area contributed by atoms with Gasteiger partial charge in [-0.3, -0.25) is 0 Å². The van der Waals surface area contributed by atoms with Crippen molar-refractivity contribution < 1.29 is 52.3 Å². The molecular weight excluding hydrogens is 1090 g/mol. The second-order valence-corrected chi connectivity index (χ2v) is 32.7. The highest BCUT2D eigenvalue weighted by atomic mass is 32.2. The van der Waals surface area contributed by atoms with Gasteiger partial charge < -0.3 is 9.11 Å². The molecule has 16 heteroatoms. The predicted octanol–water partition coefficient (Wildman–Crippen LogP) is 17.2. The van der Waals surface area contributed by atoms with Gasteiger partial charge in [-0.05, 0) is 139 Å². The summed E-state index contributed by atoms with van der Waals surface area (Å²) >= 11 is 0. The van der Waals surface area contributed by atoms with Crippen LogP contribution in [0.4, 0.5) is 26.3 Å². The largest absolute Gasteiger partial charge is 0.743 e. The molecule has 0 bridgehead atoms. The number of rotatable bonds is 10. The van der Waals surface area contributed by atoms with E-state index in [1.807, 2.05) is 0 Å². The summed E-state index contributed by atoms with van der Waals surface area (Å²) in [7, 11) is -14.9. The van der Waals surface area contributed by atoms with E-state index in [4.69, 9.17) is 0 Å². The fourth-order valence-corrected chi connectivity index (χ4v) is 12.9. The van der Waals surface area contributed by atoms with Crippen LogP contribution in [-0.2, 0) is 74.5 Å². The van der Waals surface area contributed by atoms with E-state index in [-0.39, 0.29) is 54.3 Å². The standard InChI is InChI=1S/2C30H39S.C3H2F6O6S2/c2*1-28(2,3)22-10-16-25(17-11-22)31(26-18-12-23(13-19-26)29(4,5)6)27-20-14-24(15-21-27)30(7,8)9;4-1(5,2(6,7)16(10,11)12)3(8,9)17(13,14)15/h2*10-21H,1-9H3;(H,10,11,12)(H,13,14,15)/q2*+1;/p-2. The summed E-state index contributed by atoms with van der Waals surface area (Å²) in [6.07, 6.45) is 0. The van der Waals surface area contributed by atoms with Crippen molar-refractivity contribution in [2.24, 2.45) is 0 Å². The molecule has 0 spiro atoms. The van der Waals surface area contributed by atoms with Gasteiger partial charge in [0.25, 0.3) is 0 Å². The lowest BCUT2D eigenvalue weighted by molar-refractivity contribution is -0.247. The number of hydrogen-bond donors (Lipinski definition) is 0. The molecule has 0 aliphatic heterocycles. The van der Waals surface area contributed by atoms with Crippen LogP contribution in [0.1, 0.15) is 158 Å². The second kappa shape index (κ2) is 23.7. The molecule has 0 unspecified atom stereocenters. The molecule has 6 aromatic carbocycles. The van der Waals surface area contributed by atoms with Gasteiger partial charge in [0.05, 0.1) is 21.8 Å². The van der Waals surface area contributed by atoms with E-state index in [1.54, 1.807) is 0 Å². The summed E-state index contributed by atoms with van der Waals surface area (Å²) in [6.45, 7) is 41.0. The van der Waals surface area contributed by atoms with Crippen molar-refractivity contribution in [3.63, 3.8) is 0 Å². The van der Waals surface area contributed by atoms with Gasteiger partial charge in [0.2, 0.25) is 0 Å². The van der Waals surface area contributed by atoms with Crippen molar-refractivity contribution in [2.45, 2.75) is 203 Å². The molecule has 0 heterocycles. The average Bonchev–Trinajstić information content (AvgIpc) is 3.31. The Labute approximate surface area is 473 Å². The average molecular weight is 1170 g/mol. The Morgan fingerprint density at radius 2 is 0.380 bits per heavy atom. The van der Waals surface area contributed by atoms with Gasteiger partial charge in [-0.25, -0.2) is 16.8 Å². The van der Waals surface area contributed by atoms with Crippen LogP contribution in [0.2, 0.25) is 0 Å². The van der Waals surface area contributed by atoms with Gasteiger partial charge in [-0.15, -0.1) is 0 Å². The van der Waals surface area contributed by atoms with Crippen LogP contribution >= 0.6 is 0 Å². The molecule has 79 heavy (non-hydrogen) atoms. The van der Waals surface area contributed by atoms with Crippen molar-refractivity contribution in [3.05, 3.63) is 179 Å². The normalized spacial score (nSPS) is 13.6. The first-order chi connectivity index (χ1) is 35.5. The van der Waals surface area contributed by atoms with Gasteiger partial charge >= 0.3 is 16.4 Å². The van der Waals surface area contributed by atoms with E-state index in [9.17, 15) is 52.3 Å². The molecule has 6 aromatic rings. The third-order valence-corrected chi connectivity index (χ3v) is 19.3. The van der Waals surface area contributed by atoms with Crippen molar-refractivity contribution in [2.75, 3.05) is 0 Å². The maximum Gasteiger partial charge on any atom is 0.403 e. The molecule has 6 nitrogen and oxygen atoms in total. The minimum Gasteiger partial charge on any atom is -0.743 e. The van der Waals surface area contributed by atoms with E-state index in [0.717, 1.165) is 0 Å². The molecule has 0 fully saturated rings. The van der Waals surface area contributed by atoms with Crippen LogP contribution in [0.5, 0.6) is 0 Å². The Hall–Kier alpha value is -4.58. The van der Waals surface area contributed by atoms with Crippen LogP contribution in [0.25, 0.3) is 0 Å². The molecule has 432 valence electrons. The van der Waals surface area contributed by atoms with Gasteiger partial charge in [0.1, 0.15) is 0 Å². The Bertz CT molecular complexity index is 2700. The third-order valence-electron chi connectivity index (χ3n) is 13.1. The van der Waals surface area contributed by atoms with E-state index in [1.165, 1.54) is 62.8 Å². The fourth-order valence-electron chi connectivity index (χ4n) is 7.85.